The molecule has 0 bridgehead atoms. The molecule has 19 heavy (non-hydrogen) atoms. The molecule has 1 aromatic rings. The van der Waals surface area contributed by atoms with E-state index in [2.05, 4.69) is 24.2 Å². The van der Waals surface area contributed by atoms with Gasteiger partial charge in [0.1, 0.15) is 5.82 Å². The van der Waals surface area contributed by atoms with Crippen LogP contribution in [0.3, 0.4) is 0 Å². The molecule has 0 heterocycles. The summed E-state index contributed by atoms with van der Waals surface area (Å²) in [5, 5.41) is 3.36. The van der Waals surface area contributed by atoms with E-state index in [1.54, 1.807) is 12.1 Å². The lowest BCUT2D eigenvalue weighted by atomic mass is 9.85. The minimum atomic E-state index is -0.144. The Morgan fingerprint density at radius 2 is 2.16 bits per heavy atom. The van der Waals surface area contributed by atoms with Gasteiger partial charge in [-0.05, 0) is 55.5 Å². The summed E-state index contributed by atoms with van der Waals surface area (Å²) in [7, 11) is 2.12. The van der Waals surface area contributed by atoms with Gasteiger partial charge < -0.3 is 10.2 Å². The number of halogens is 1. The lowest BCUT2D eigenvalue weighted by Crippen LogP contribution is -2.30. The highest BCUT2D eigenvalue weighted by molar-refractivity contribution is 5.53. The minimum absolute atomic E-state index is 0.144. The van der Waals surface area contributed by atoms with Crippen molar-refractivity contribution >= 4 is 5.69 Å². The average molecular weight is 264 g/mol. The summed E-state index contributed by atoms with van der Waals surface area (Å²) in [4.78, 5) is 2.28. The molecule has 1 aliphatic rings. The second-order valence-corrected chi connectivity index (χ2v) is 5.63. The first kappa shape index (κ1) is 14.3. The van der Waals surface area contributed by atoms with E-state index in [9.17, 15) is 4.39 Å². The van der Waals surface area contributed by atoms with Crippen LogP contribution >= 0.6 is 0 Å². The monoisotopic (exact) mass is 264 g/mol. The van der Waals surface area contributed by atoms with Crippen LogP contribution in [-0.4, -0.2) is 20.1 Å². The maximum absolute atomic E-state index is 13.4. The molecule has 1 aromatic carbocycles. The Hall–Kier alpha value is -1.09. The van der Waals surface area contributed by atoms with Gasteiger partial charge in [-0.15, -0.1) is 0 Å². The van der Waals surface area contributed by atoms with Crippen molar-refractivity contribution in [2.45, 2.75) is 39.2 Å². The van der Waals surface area contributed by atoms with Gasteiger partial charge in [0.15, 0.2) is 0 Å². The molecule has 2 nitrogen and oxygen atoms in total. The third-order valence-electron chi connectivity index (χ3n) is 3.95. The van der Waals surface area contributed by atoms with Crippen LogP contribution in [0.25, 0.3) is 0 Å². The highest BCUT2D eigenvalue weighted by Gasteiger charge is 2.20. The number of hydrogen-bond acceptors (Lipinski definition) is 2. The van der Waals surface area contributed by atoms with Gasteiger partial charge in [0.05, 0.1) is 0 Å². The van der Waals surface area contributed by atoms with Crippen molar-refractivity contribution in [3.63, 3.8) is 0 Å². The molecule has 3 heteroatoms. The quantitative estimate of drug-likeness (QED) is 0.758. The van der Waals surface area contributed by atoms with Crippen LogP contribution in [0, 0.1) is 11.7 Å². The molecule has 0 saturated heterocycles. The van der Waals surface area contributed by atoms with E-state index in [1.807, 2.05) is 6.07 Å². The second kappa shape index (κ2) is 6.90. The zero-order chi connectivity index (χ0) is 13.7. The van der Waals surface area contributed by atoms with Gasteiger partial charge in [-0.2, -0.15) is 0 Å². The standard InChI is InChI=1S/C16H25FN2/c1-3-9-18-11-14-10-15(17)7-8-16(14)19(2)12-13-5-4-6-13/h7-8,10,13,18H,3-6,9,11-12H2,1-2H3. The number of nitrogens with one attached hydrogen (secondary N) is 1. The van der Waals surface area contributed by atoms with E-state index >= 15 is 0 Å². The van der Waals surface area contributed by atoms with Crippen LogP contribution in [0.1, 0.15) is 38.2 Å². The SMILES string of the molecule is CCCNCc1cc(F)ccc1N(C)CC1CCC1. The first-order valence-electron chi connectivity index (χ1n) is 7.41. The van der Waals surface area contributed by atoms with Crippen LogP contribution < -0.4 is 10.2 Å². The van der Waals surface area contributed by atoms with E-state index in [4.69, 9.17) is 0 Å². The molecular formula is C16H25FN2. The Morgan fingerprint density at radius 3 is 2.79 bits per heavy atom. The summed E-state index contributed by atoms with van der Waals surface area (Å²) in [6.45, 7) is 4.95. The fourth-order valence-corrected chi connectivity index (χ4v) is 2.63. The maximum atomic E-state index is 13.4. The molecule has 1 aliphatic carbocycles. The normalized spacial score (nSPS) is 15.3. The van der Waals surface area contributed by atoms with E-state index in [-0.39, 0.29) is 5.82 Å². The largest absolute Gasteiger partial charge is 0.374 e. The molecule has 1 fully saturated rings. The number of nitrogens with zero attached hydrogens (tertiary/aromatic N) is 1. The highest BCUT2D eigenvalue weighted by atomic mass is 19.1. The summed E-state index contributed by atoms with van der Waals surface area (Å²) < 4.78 is 13.4. The number of rotatable bonds is 7. The summed E-state index contributed by atoms with van der Waals surface area (Å²) >= 11 is 0. The van der Waals surface area contributed by atoms with E-state index in [0.29, 0.717) is 0 Å². The topological polar surface area (TPSA) is 15.3 Å². The lowest BCUT2D eigenvalue weighted by molar-refractivity contribution is 0.321. The van der Waals surface area contributed by atoms with E-state index < -0.39 is 0 Å². The van der Waals surface area contributed by atoms with Crippen molar-refractivity contribution in [1.82, 2.24) is 5.32 Å². The first-order valence-corrected chi connectivity index (χ1v) is 7.41. The van der Waals surface area contributed by atoms with Gasteiger partial charge >= 0.3 is 0 Å². The van der Waals surface area contributed by atoms with Gasteiger partial charge in [0, 0.05) is 25.8 Å². The zero-order valence-electron chi connectivity index (χ0n) is 12.1. The summed E-state index contributed by atoms with van der Waals surface area (Å²) in [6.07, 6.45) is 5.15. The van der Waals surface area contributed by atoms with Crippen molar-refractivity contribution < 1.29 is 4.39 Å². The van der Waals surface area contributed by atoms with Crippen molar-refractivity contribution in [2.24, 2.45) is 5.92 Å². The molecule has 0 unspecified atom stereocenters. The fraction of sp³-hybridized carbons (Fsp3) is 0.625. The van der Waals surface area contributed by atoms with Crippen molar-refractivity contribution in [2.75, 3.05) is 25.0 Å². The molecule has 0 amide bonds. The van der Waals surface area contributed by atoms with E-state index in [0.717, 1.165) is 43.2 Å². The molecule has 0 aliphatic heterocycles. The Labute approximate surface area is 116 Å². The van der Waals surface area contributed by atoms with Gasteiger partial charge in [0.25, 0.3) is 0 Å². The van der Waals surface area contributed by atoms with Crippen molar-refractivity contribution in [1.29, 1.82) is 0 Å². The molecule has 0 radical (unpaired) electrons. The van der Waals surface area contributed by atoms with Crippen LogP contribution in [0.5, 0.6) is 0 Å². The second-order valence-electron chi connectivity index (χ2n) is 5.63. The zero-order valence-corrected chi connectivity index (χ0v) is 12.1. The number of benzene rings is 1. The van der Waals surface area contributed by atoms with Crippen LogP contribution in [0.4, 0.5) is 10.1 Å². The summed E-state index contributed by atoms with van der Waals surface area (Å²) in [5.74, 6) is 0.681. The molecular weight excluding hydrogens is 239 g/mol. The van der Waals surface area contributed by atoms with Crippen molar-refractivity contribution in [3.05, 3.63) is 29.6 Å². The summed E-state index contributed by atoms with van der Waals surface area (Å²) in [5.41, 5.74) is 2.23. The van der Waals surface area contributed by atoms with Gasteiger partial charge in [-0.25, -0.2) is 4.39 Å². The fourth-order valence-electron chi connectivity index (χ4n) is 2.63. The maximum Gasteiger partial charge on any atom is 0.123 e. The molecule has 0 spiro atoms. The van der Waals surface area contributed by atoms with Gasteiger partial charge in [0.2, 0.25) is 0 Å². The molecule has 0 aromatic heterocycles. The van der Waals surface area contributed by atoms with Crippen LogP contribution in [-0.2, 0) is 6.54 Å². The number of hydrogen-bond donors (Lipinski definition) is 1. The first-order chi connectivity index (χ1) is 9.20. The third kappa shape index (κ3) is 3.93. The molecule has 2 rings (SSSR count). The molecule has 1 saturated carbocycles. The molecule has 1 N–H and O–H groups in total. The molecule has 0 atom stereocenters. The third-order valence-corrected chi connectivity index (χ3v) is 3.95. The Balaban J connectivity index is 2.03. The molecule has 106 valence electrons. The Bertz CT molecular complexity index is 402. The highest BCUT2D eigenvalue weighted by Crippen LogP contribution is 2.29. The Kier molecular flexibility index (Phi) is 5.20. The predicted octanol–water partition coefficient (Wildman–Crippen LogP) is 3.56. The van der Waals surface area contributed by atoms with Gasteiger partial charge in [-0.1, -0.05) is 13.3 Å². The lowest BCUT2D eigenvalue weighted by Gasteiger charge is -2.32. The van der Waals surface area contributed by atoms with Crippen LogP contribution in [0.2, 0.25) is 0 Å². The van der Waals surface area contributed by atoms with Crippen molar-refractivity contribution in [3.8, 4) is 0 Å². The predicted molar refractivity (Wildman–Crippen MR) is 79.0 cm³/mol. The van der Waals surface area contributed by atoms with E-state index in [1.165, 1.54) is 19.3 Å². The minimum Gasteiger partial charge on any atom is -0.374 e. The number of anilines is 1. The Morgan fingerprint density at radius 1 is 1.37 bits per heavy atom. The summed E-state index contributed by atoms with van der Waals surface area (Å²) in [6, 6.07) is 5.14. The smallest absolute Gasteiger partial charge is 0.123 e. The van der Waals surface area contributed by atoms with Gasteiger partial charge in [-0.3, -0.25) is 0 Å². The average Bonchev–Trinajstić information content (AvgIpc) is 2.34. The van der Waals surface area contributed by atoms with Crippen LogP contribution in [0.15, 0.2) is 18.2 Å².